The number of methoxy groups -OCH3 is 1. The Morgan fingerprint density at radius 1 is 1.19 bits per heavy atom. The van der Waals surface area contributed by atoms with Gasteiger partial charge in [-0.05, 0) is 50.5 Å². The highest BCUT2D eigenvalue weighted by Crippen LogP contribution is 2.26. The third-order valence-corrected chi connectivity index (χ3v) is 4.67. The molecule has 1 amide bonds. The molecule has 0 bridgehead atoms. The molecule has 2 aromatic rings. The molecular weight excluding hydrogens is 337 g/mol. The summed E-state index contributed by atoms with van der Waals surface area (Å²) >= 11 is 0. The van der Waals surface area contributed by atoms with Crippen LogP contribution in [0.4, 0.5) is 15.8 Å². The second-order valence-electron chi connectivity index (χ2n) is 6.46. The van der Waals surface area contributed by atoms with E-state index in [-0.39, 0.29) is 5.69 Å². The van der Waals surface area contributed by atoms with Gasteiger partial charge in [0.05, 0.1) is 12.7 Å². The third-order valence-electron chi connectivity index (χ3n) is 4.67. The third kappa shape index (κ3) is 3.42. The van der Waals surface area contributed by atoms with Gasteiger partial charge in [0, 0.05) is 30.2 Å². The van der Waals surface area contributed by atoms with Crippen molar-refractivity contribution in [3.05, 3.63) is 46.5 Å². The van der Waals surface area contributed by atoms with Crippen LogP contribution in [0.5, 0.6) is 0 Å². The van der Waals surface area contributed by atoms with Crippen LogP contribution in [0.25, 0.3) is 0 Å². The van der Waals surface area contributed by atoms with Crippen LogP contribution in [0.1, 0.15) is 44.9 Å². The number of halogens is 1. The number of carbonyl (C=O) groups is 2. The Labute approximate surface area is 151 Å². The molecule has 1 saturated heterocycles. The Morgan fingerprint density at radius 2 is 1.88 bits per heavy atom. The first kappa shape index (κ1) is 18.0. The minimum Gasteiger partial charge on any atom is -0.465 e. The highest BCUT2D eigenvalue weighted by molar-refractivity contribution is 6.07. The van der Waals surface area contributed by atoms with Crippen molar-refractivity contribution in [2.45, 2.75) is 26.7 Å². The van der Waals surface area contributed by atoms with E-state index in [1.165, 1.54) is 19.2 Å². The van der Waals surface area contributed by atoms with Gasteiger partial charge >= 0.3 is 5.97 Å². The Kier molecular flexibility index (Phi) is 4.97. The number of ether oxygens (including phenoxy) is 1. The summed E-state index contributed by atoms with van der Waals surface area (Å²) in [5.74, 6) is -1.34. The van der Waals surface area contributed by atoms with Gasteiger partial charge in [-0.15, -0.1) is 0 Å². The maximum Gasteiger partial charge on any atom is 0.339 e. The maximum absolute atomic E-state index is 14.0. The number of esters is 1. The minimum atomic E-state index is -0.502. The highest BCUT2D eigenvalue weighted by Gasteiger charge is 2.23. The van der Waals surface area contributed by atoms with Crippen molar-refractivity contribution in [2.24, 2.45) is 0 Å². The molecule has 6 nitrogen and oxygen atoms in total. The van der Waals surface area contributed by atoms with Gasteiger partial charge in [-0.1, -0.05) is 0 Å². The molecule has 3 rings (SSSR count). The number of aromatic nitrogens is 1. The molecule has 1 aliphatic rings. The van der Waals surface area contributed by atoms with E-state index < -0.39 is 17.7 Å². The number of aryl methyl sites for hydroxylation is 1. The number of rotatable bonds is 4. The number of benzene rings is 1. The monoisotopic (exact) mass is 359 g/mol. The summed E-state index contributed by atoms with van der Waals surface area (Å²) in [5, 5.41) is 2.71. The summed E-state index contributed by atoms with van der Waals surface area (Å²) in [4.78, 5) is 29.5. The second kappa shape index (κ2) is 7.19. The van der Waals surface area contributed by atoms with E-state index >= 15 is 0 Å². The number of hydrogen-bond donors (Lipinski definition) is 2. The fourth-order valence-corrected chi connectivity index (χ4v) is 3.38. The smallest absolute Gasteiger partial charge is 0.339 e. The Morgan fingerprint density at radius 3 is 2.54 bits per heavy atom. The molecule has 0 atom stereocenters. The van der Waals surface area contributed by atoms with Crippen molar-refractivity contribution in [3.63, 3.8) is 0 Å². The summed E-state index contributed by atoms with van der Waals surface area (Å²) in [7, 11) is 1.29. The van der Waals surface area contributed by atoms with Crippen LogP contribution in [-0.4, -0.2) is 37.1 Å². The van der Waals surface area contributed by atoms with Crippen molar-refractivity contribution in [1.29, 1.82) is 0 Å². The van der Waals surface area contributed by atoms with Gasteiger partial charge in [0.15, 0.2) is 0 Å². The number of H-pyrrole nitrogens is 1. The van der Waals surface area contributed by atoms with Crippen LogP contribution >= 0.6 is 0 Å². The number of nitrogens with zero attached hydrogens (tertiary/aromatic N) is 1. The molecule has 0 saturated carbocycles. The van der Waals surface area contributed by atoms with E-state index in [4.69, 9.17) is 4.74 Å². The predicted octanol–water partition coefficient (Wildman–Crippen LogP) is 3.41. The average molecular weight is 359 g/mol. The molecule has 0 radical (unpaired) electrons. The van der Waals surface area contributed by atoms with Crippen molar-refractivity contribution in [3.8, 4) is 0 Å². The molecule has 1 fully saturated rings. The first-order valence-electron chi connectivity index (χ1n) is 8.55. The normalized spacial score (nSPS) is 13.8. The van der Waals surface area contributed by atoms with Crippen LogP contribution in [0.15, 0.2) is 18.2 Å². The summed E-state index contributed by atoms with van der Waals surface area (Å²) in [6.07, 6.45) is 2.16. The van der Waals surface area contributed by atoms with Crippen molar-refractivity contribution >= 4 is 23.3 Å². The van der Waals surface area contributed by atoms with Gasteiger partial charge in [-0.2, -0.15) is 0 Å². The Hall–Kier alpha value is -2.83. The Balaban J connectivity index is 1.85. The van der Waals surface area contributed by atoms with E-state index in [2.05, 4.69) is 15.2 Å². The second-order valence-corrected chi connectivity index (χ2v) is 6.46. The van der Waals surface area contributed by atoms with Crippen LogP contribution in [0, 0.1) is 19.7 Å². The molecule has 2 heterocycles. The lowest BCUT2D eigenvalue weighted by Gasteiger charge is -2.18. The number of aromatic amines is 1. The number of amides is 1. The molecule has 1 aliphatic heterocycles. The molecule has 2 N–H and O–H groups in total. The predicted molar refractivity (Wildman–Crippen MR) is 97.4 cm³/mol. The molecule has 1 aromatic carbocycles. The van der Waals surface area contributed by atoms with Crippen LogP contribution in [0.3, 0.4) is 0 Å². The number of hydrogen-bond acceptors (Lipinski definition) is 4. The lowest BCUT2D eigenvalue weighted by atomic mass is 10.1. The topological polar surface area (TPSA) is 74.4 Å². The average Bonchev–Trinajstić information content (AvgIpc) is 3.22. The molecule has 138 valence electrons. The molecule has 26 heavy (non-hydrogen) atoms. The first-order valence-corrected chi connectivity index (χ1v) is 8.55. The maximum atomic E-state index is 14.0. The van der Waals surface area contributed by atoms with Crippen LogP contribution in [-0.2, 0) is 4.74 Å². The molecule has 0 spiro atoms. The van der Waals surface area contributed by atoms with Crippen molar-refractivity contribution < 1.29 is 18.7 Å². The van der Waals surface area contributed by atoms with E-state index in [0.717, 1.165) is 31.6 Å². The highest BCUT2D eigenvalue weighted by atomic mass is 19.1. The van der Waals surface area contributed by atoms with Crippen LogP contribution in [0.2, 0.25) is 0 Å². The van der Waals surface area contributed by atoms with Gasteiger partial charge in [0.25, 0.3) is 5.91 Å². The fraction of sp³-hybridized carbons (Fsp3) is 0.368. The summed E-state index contributed by atoms with van der Waals surface area (Å²) in [6.45, 7) is 5.14. The minimum absolute atomic E-state index is 0.259. The van der Waals surface area contributed by atoms with E-state index in [1.807, 2.05) is 0 Å². The standard InChI is InChI=1S/C19H22FN3O3/c1-11-16(19(25)26-3)12(2)21-17(11)18(24)22-14-8-13(20)9-15(10-14)23-6-4-5-7-23/h8-10,21H,4-7H2,1-3H3,(H,22,24). The van der Waals surface area contributed by atoms with Crippen molar-refractivity contribution in [1.82, 2.24) is 4.98 Å². The molecule has 7 heteroatoms. The van der Waals surface area contributed by atoms with Crippen molar-refractivity contribution in [2.75, 3.05) is 30.4 Å². The zero-order valence-corrected chi connectivity index (χ0v) is 15.1. The number of carbonyl (C=O) groups excluding carboxylic acids is 2. The fourth-order valence-electron chi connectivity index (χ4n) is 3.38. The largest absolute Gasteiger partial charge is 0.465 e. The zero-order chi connectivity index (χ0) is 18.8. The zero-order valence-electron chi connectivity index (χ0n) is 15.1. The molecule has 0 unspecified atom stereocenters. The van der Waals surface area contributed by atoms with Crippen LogP contribution < -0.4 is 10.2 Å². The molecule has 0 aliphatic carbocycles. The number of anilines is 2. The van der Waals surface area contributed by atoms with Gasteiger partial charge in [-0.3, -0.25) is 4.79 Å². The summed E-state index contributed by atoms with van der Waals surface area (Å²) in [6, 6.07) is 4.52. The van der Waals surface area contributed by atoms with Gasteiger partial charge in [0.1, 0.15) is 11.5 Å². The van der Waals surface area contributed by atoms with Gasteiger partial charge in [0.2, 0.25) is 0 Å². The molecule has 1 aromatic heterocycles. The first-order chi connectivity index (χ1) is 12.4. The quantitative estimate of drug-likeness (QED) is 0.821. The van der Waals surface area contributed by atoms with E-state index in [1.54, 1.807) is 19.9 Å². The summed E-state index contributed by atoms with van der Waals surface area (Å²) < 4.78 is 18.7. The van der Waals surface area contributed by atoms with E-state index in [9.17, 15) is 14.0 Å². The lowest BCUT2D eigenvalue weighted by molar-refractivity contribution is 0.0599. The van der Waals surface area contributed by atoms with Gasteiger partial charge in [-0.25, -0.2) is 9.18 Å². The lowest BCUT2D eigenvalue weighted by Crippen LogP contribution is -2.19. The molecular formula is C19H22FN3O3. The Bertz CT molecular complexity index is 854. The number of nitrogens with one attached hydrogen (secondary N) is 2. The summed E-state index contributed by atoms with van der Waals surface area (Å²) in [5.41, 5.74) is 2.79. The van der Waals surface area contributed by atoms with E-state index in [0.29, 0.717) is 22.5 Å². The van der Waals surface area contributed by atoms with Gasteiger partial charge < -0.3 is 19.9 Å². The SMILES string of the molecule is COC(=O)c1c(C)[nH]c(C(=O)Nc2cc(F)cc(N3CCCC3)c2)c1C.